The van der Waals surface area contributed by atoms with Gasteiger partial charge in [0.25, 0.3) is 0 Å². The zero-order valence-electron chi connectivity index (χ0n) is 13.9. The molecule has 1 N–H and O–H groups in total. The van der Waals surface area contributed by atoms with Crippen LogP contribution in [0.25, 0.3) is 0 Å². The summed E-state index contributed by atoms with van der Waals surface area (Å²) in [6, 6.07) is 2.27. The van der Waals surface area contributed by atoms with E-state index in [1.54, 1.807) is 0 Å². The van der Waals surface area contributed by atoms with Gasteiger partial charge in [0.1, 0.15) is 0 Å². The number of rotatable bonds is 5. The van der Waals surface area contributed by atoms with Crippen LogP contribution in [0.3, 0.4) is 0 Å². The molecular weight excluding hydrogens is 246 g/mol. The average Bonchev–Trinajstić information content (AvgIpc) is 2.93. The molecule has 1 aliphatic carbocycles. The summed E-state index contributed by atoms with van der Waals surface area (Å²) in [4.78, 5) is 0. The molecule has 3 heteroatoms. The molecule has 1 fully saturated rings. The predicted molar refractivity (Wildman–Crippen MR) is 84.9 cm³/mol. The summed E-state index contributed by atoms with van der Waals surface area (Å²) in [5.74, 6) is 1.65. The second-order valence-corrected chi connectivity index (χ2v) is 7.38. The van der Waals surface area contributed by atoms with E-state index >= 15 is 0 Å². The smallest absolute Gasteiger partial charge is 0.0596 e. The fourth-order valence-electron chi connectivity index (χ4n) is 3.39. The molecule has 2 atom stereocenters. The van der Waals surface area contributed by atoms with E-state index in [-0.39, 0.29) is 5.54 Å². The molecule has 1 aromatic rings. The van der Waals surface area contributed by atoms with Crippen LogP contribution in [0.1, 0.15) is 58.3 Å². The Balaban J connectivity index is 1.97. The van der Waals surface area contributed by atoms with Gasteiger partial charge in [0, 0.05) is 17.8 Å². The molecule has 2 rings (SSSR count). The van der Waals surface area contributed by atoms with E-state index in [0.717, 1.165) is 30.6 Å². The van der Waals surface area contributed by atoms with Crippen molar-refractivity contribution in [2.24, 2.45) is 11.8 Å². The van der Waals surface area contributed by atoms with Gasteiger partial charge in [-0.1, -0.05) is 6.42 Å². The predicted octanol–water partition coefficient (Wildman–Crippen LogP) is 3.56. The zero-order valence-corrected chi connectivity index (χ0v) is 13.9. The van der Waals surface area contributed by atoms with Crippen LogP contribution in [0.2, 0.25) is 0 Å². The van der Waals surface area contributed by atoms with Gasteiger partial charge in [-0.15, -0.1) is 0 Å². The topological polar surface area (TPSA) is 29.9 Å². The maximum absolute atomic E-state index is 4.58. The molecule has 0 spiro atoms. The molecule has 0 aromatic carbocycles. The fraction of sp³-hybridized carbons (Fsp3) is 0.824. The van der Waals surface area contributed by atoms with Crippen molar-refractivity contribution in [3.63, 3.8) is 0 Å². The Morgan fingerprint density at radius 1 is 1.30 bits per heavy atom. The van der Waals surface area contributed by atoms with Gasteiger partial charge >= 0.3 is 0 Å². The molecule has 2 unspecified atom stereocenters. The van der Waals surface area contributed by atoms with Gasteiger partial charge in [0.05, 0.1) is 5.69 Å². The van der Waals surface area contributed by atoms with Crippen LogP contribution in [-0.2, 0) is 13.0 Å². The molecule has 1 heterocycles. The zero-order chi connectivity index (χ0) is 14.8. The van der Waals surface area contributed by atoms with Gasteiger partial charge in [-0.25, -0.2) is 0 Å². The van der Waals surface area contributed by atoms with Crippen LogP contribution < -0.4 is 5.32 Å². The van der Waals surface area contributed by atoms with Gasteiger partial charge in [-0.05, 0) is 78.3 Å². The molecule has 1 aliphatic rings. The average molecular weight is 277 g/mol. The minimum Gasteiger partial charge on any atom is -0.312 e. The summed E-state index contributed by atoms with van der Waals surface area (Å²) in [7, 11) is 0. The van der Waals surface area contributed by atoms with Crippen molar-refractivity contribution < 1.29 is 0 Å². The molecular formula is C17H31N3. The van der Waals surface area contributed by atoms with E-state index in [0.29, 0.717) is 0 Å². The third-order valence-electron chi connectivity index (χ3n) is 4.47. The van der Waals surface area contributed by atoms with Gasteiger partial charge in [-0.3, -0.25) is 4.68 Å². The third-order valence-corrected chi connectivity index (χ3v) is 4.47. The number of nitrogens with one attached hydrogen (secondary N) is 1. The van der Waals surface area contributed by atoms with E-state index in [2.05, 4.69) is 55.8 Å². The van der Waals surface area contributed by atoms with Crippen molar-refractivity contribution in [1.29, 1.82) is 0 Å². The van der Waals surface area contributed by atoms with Crippen molar-refractivity contribution in [3.8, 4) is 0 Å². The number of nitrogens with zero attached hydrogens (tertiary/aromatic N) is 2. The minimum absolute atomic E-state index is 0.231. The Labute approximate surface area is 124 Å². The first-order valence-corrected chi connectivity index (χ1v) is 8.17. The van der Waals surface area contributed by atoms with E-state index in [1.807, 2.05) is 0 Å². The van der Waals surface area contributed by atoms with Gasteiger partial charge < -0.3 is 5.32 Å². The Morgan fingerprint density at radius 2 is 2.00 bits per heavy atom. The van der Waals surface area contributed by atoms with Crippen molar-refractivity contribution in [1.82, 2.24) is 15.1 Å². The lowest BCUT2D eigenvalue weighted by Crippen LogP contribution is -2.40. The Hall–Kier alpha value is -0.830. The summed E-state index contributed by atoms with van der Waals surface area (Å²) in [5.41, 5.74) is 2.82. The molecule has 0 aliphatic heterocycles. The lowest BCUT2D eigenvalue weighted by Gasteiger charge is -2.26. The number of hydrogen-bond donors (Lipinski definition) is 1. The second kappa shape index (κ2) is 6.30. The fourth-order valence-corrected chi connectivity index (χ4v) is 3.39. The highest BCUT2D eigenvalue weighted by atomic mass is 15.3. The normalized spacial score (nSPS) is 23.4. The van der Waals surface area contributed by atoms with Crippen LogP contribution in [-0.4, -0.2) is 21.9 Å². The SMILES string of the molecule is CCn1nc(C)cc1CC1CCCC1CNC(C)(C)C. The van der Waals surface area contributed by atoms with Crippen molar-refractivity contribution in [2.75, 3.05) is 6.54 Å². The van der Waals surface area contributed by atoms with Crippen LogP contribution >= 0.6 is 0 Å². The summed E-state index contributed by atoms with van der Waals surface area (Å²) < 4.78 is 2.18. The third kappa shape index (κ3) is 4.08. The first-order chi connectivity index (χ1) is 9.39. The second-order valence-electron chi connectivity index (χ2n) is 7.38. The minimum atomic E-state index is 0.231. The first kappa shape index (κ1) is 15.6. The van der Waals surface area contributed by atoms with Crippen LogP contribution in [0.4, 0.5) is 0 Å². The summed E-state index contributed by atoms with van der Waals surface area (Å²) >= 11 is 0. The molecule has 0 radical (unpaired) electrons. The van der Waals surface area contributed by atoms with E-state index in [1.165, 1.54) is 31.4 Å². The molecule has 114 valence electrons. The van der Waals surface area contributed by atoms with Crippen LogP contribution in [0, 0.1) is 18.8 Å². The lowest BCUT2D eigenvalue weighted by molar-refractivity contribution is 0.313. The maximum Gasteiger partial charge on any atom is 0.0596 e. The lowest BCUT2D eigenvalue weighted by atomic mass is 9.90. The summed E-state index contributed by atoms with van der Waals surface area (Å²) in [5, 5.41) is 8.27. The number of hydrogen-bond acceptors (Lipinski definition) is 2. The molecule has 20 heavy (non-hydrogen) atoms. The molecule has 3 nitrogen and oxygen atoms in total. The van der Waals surface area contributed by atoms with Gasteiger partial charge in [0.2, 0.25) is 0 Å². The Bertz CT molecular complexity index is 428. The number of aromatic nitrogens is 2. The quantitative estimate of drug-likeness (QED) is 0.892. The van der Waals surface area contributed by atoms with Crippen molar-refractivity contribution >= 4 is 0 Å². The van der Waals surface area contributed by atoms with Crippen LogP contribution in [0.5, 0.6) is 0 Å². The van der Waals surface area contributed by atoms with Crippen molar-refractivity contribution in [2.45, 2.75) is 72.4 Å². The van der Waals surface area contributed by atoms with E-state index in [4.69, 9.17) is 0 Å². The largest absolute Gasteiger partial charge is 0.312 e. The Morgan fingerprint density at radius 3 is 2.65 bits per heavy atom. The van der Waals surface area contributed by atoms with Crippen LogP contribution in [0.15, 0.2) is 6.07 Å². The highest BCUT2D eigenvalue weighted by molar-refractivity contribution is 5.10. The first-order valence-electron chi connectivity index (χ1n) is 8.17. The molecule has 0 amide bonds. The van der Waals surface area contributed by atoms with E-state index < -0.39 is 0 Å². The monoisotopic (exact) mass is 277 g/mol. The van der Waals surface area contributed by atoms with Gasteiger partial charge in [-0.2, -0.15) is 5.10 Å². The van der Waals surface area contributed by atoms with Crippen molar-refractivity contribution in [3.05, 3.63) is 17.5 Å². The molecule has 1 aromatic heterocycles. The highest BCUT2D eigenvalue weighted by Crippen LogP contribution is 2.34. The molecule has 0 bridgehead atoms. The summed E-state index contributed by atoms with van der Waals surface area (Å²) in [6.45, 7) is 13.2. The number of aryl methyl sites for hydroxylation is 2. The highest BCUT2D eigenvalue weighted by Gasteiger charge is 2.29. The molecule has 1 saturated carbocycles. The van der Waals surface area contributed by atoms with E-state index in [9.17, 15) is 0 Å². The van der Waals surface area contributed by atoms with Gasteiger partial charge in [0.15, 0.2) is 0 Å². The maximum atomic E-state index is 4.58. The standard InChI is InChI=1S/C17H31N3/c1-6-20-16(10-13(2)19-20)11-14-8-7-9-15(14)12-18-17(3,4)5/h10,14-15,18H,6-9,11-12H2,1-5H3. The summed E-state index contributed by atoms with van der Waals surface area (Å²) in [6.07, 6.45) is 5.35. The molecule has 0 saturated heterocycles. The Kier molecular flexibility index (Phi) is 4.90.